The maximum absolute atomic E-state index is 12.4. The summed E-state index contributed by atoms with van der Waals surface area (Å²) >= 11 is 0. The topological polar surface area (TPSA) is 67.2 Å². The Morgan fingerprint density at radius 2 is 1.95 bits per heavy atom. The molecule has 1 heterocycles. The van der Waals surface area contributed by atoms with Crippen LogP contribution in [0.15, 0.2) is 30.3 Å². The largest absolute Gasteiger partial charge is 0.354 e. The van der Waals surface area contributed by atoms with Gasteiger partial charge in [0.25, 0.3) is 0 Å². The zero-order valence-corrected chi connectivity index (χ0v) is 12.4. The number of hydrogen-bond acceptors (Lipinski definition) is 3. The lowest BCUT2D eigenvalue weighted by atomic mass is 9.80. The molecule has 2 rings (SSSR count). The third-order valence-corrected chi connectivity index (χ3v) is 4.33. The second-order valence-electron chi connectivity index (χ2n) is 6.31. The van der Waals surface area contributed by atoms with E-state index in [1.165, 1.54) is 0 Å². The molecule has 1 unspecified atom stereocenters. The zero-order chi connectivity index (χ0) is 14.6. The molecule has 4 nitrogen and oxygen atoms in total. The van der Waals surface area contributed by atoms with E-state index in [9.17, 15) is 4.79 Å². The summed E-state index contributed by atoms with van der Waals surface area (Å²) in [6.45, 7) is 6.72. The predicted octanol–water partition coefficient (Wildman–Crippen LogP) is 1.37. The first-order valence-electron chi connectivity index (χ1n) is 7.27. The molecule has 1 aliphatic heterocycles. The van der Waals surface area contributed by atoms with Gasteiger partial charge in [0.2, 0.25) is 5.91 Å². The van der Waals surface area contributed by atoms with Gasteiger partial charge in [-0.05, 0) is 43.8 Å². The van der Waals surface area contributed by atoms with Crippen molar-refractivity contribution in [3.05, 3.63) is 35.9 Å². The Morgan fingerprint density at radius 3 is 2.55 bits per heavy atom. The molecule has 0 spiro atoms. The van der Waals surface area contributed by atoms with Crippen LogP contribution >= 0.6 is 0 Å². The van der Waals surface area contributed by atoms with Gasteiger partial charge in [-0.15, -0.1) is 0 Å². The number of hydrogen-bond donors (Lipinski definition) is 3. The maximum Gasteiger partial charge on any atom is 0.244 e. The van der Waals surface area contributed by atoms with Gasteiger partial charge in [0, 0.05) is 6.54 Å². The van der Waals surface area contributed by atoms with E-state index in [2.05, 4.69) is 17.6 Å². The van der Waals surface area contributed by atoms with Crippen LogP contribution in [-0.4, -0.2) is 25.5 Å². The van der Waals surface area contributed by atoms with Crippen molar-refractivity contribution in [2.45, 2.75) is 32.2 Å². The molecule has 1 fully saturated rings. The molecule has 0 aromatic heterocycles. The Labute approximate surface area is 121 Å². The number of piperidine rings is 1. The van der Waals surface area contributed by atoms with Crippen LogP contribution in [0.25, 0.3) is 0 Å². The molecular weight excluding hydrogens is 250 g/mol. The van der Waals surface area contributed by atoms with Crippen LogP contribution in [0.1, 0.15) is 32.3 Å². The van der Waals surface area contributed by atoms with Gasteiger partial charge < -0.3 is 16.4 Å². The lowest BCUT2D eigenvalue weighted by Gasteiger charge is -2.35. The van der Waals surface area contributed by atoms with Gasteiger partial charge in [-0.25, -0.2) is 0 Å². The molecule has 1 aromatic carbocycles. The maximum atomic E-state index is 12.4. The minimum Gasteiger partial charge on any atom is -0.354 e. The highest BCUT2D eigenvalue weighted by molar-refractivity contribution is 5.87. The van der Waals surface area contributed by atoms with Gasteiger partial charge in [0.05, 0.1) is 0 Å². The summed E-state index contributed by atoms with van der Waals surface area (Å²) in [7, 11) is 0. The predicted molar refractivity (Wildman–Crippen MR) is 81.2 cm³/mol. The molecular formula is C16H25N3O. The van der Waals surface area contributed by atoms with Crippen LogP contribution in [0.3, 0.4) is 0 Å². The lowest BCUT2D eigenvalue weighted by molar-refractivity contribution is -0.126. The van der Waals surface area contributed by atoms with Crippen molar-refractivity contribution in [1.29, 1.82) is 0 Å². The smallest absolute Gasteiger partial charge is 0.244 e. The molecule has 1 aromatic rings. The van der Waals surface area contributed by atoms with Gasteiger partial charge in [-0.3, -0.25) is 4.79 Å². The number of benzene rings is 1. The van der Waals surface area contributed by atoms with E-state index >= 15 is 0 Å². The van der Waals surface area contributed by atoms with Crippen molar-refractivity contribution >= 4 is 5.91 Å². The van der Waals surface area contributed by atoms with Gasteiger partial charge in [0.15, 0.2) is 0 Å². The minimum atomic E-state index is -0.982. The molecule has 1 atom stereocenters. The monoisotopic (exact) mass is 275 g/mol. The second-order valence-corrected chi connectivity index (χ2v) is 6.31. The molecule has 1 aliphatic rings. The summed E-state index contributed by atoms with van der Waals surface area (Å²) in [5.41, 5.74) is 6.25. The summed E-state index contributed by atoms with van der Waals surface area (Å²) in [5, 5.41) is 6.39. The highest BCUT2D eigenvalue weighted by Crippen LogP contribution is 2.27. The molecule has 0 bridgehead atoms. The molecule has 110 valence electrons. The van der Waals surface area contributed by atoms with E-state index < -0.39 is 5.54 Å². The van der Waals surface area contributed by atoms with Crippen LogP contribution in [0.4, 0.5) is 0 Å². The van der Waals surface area contributed by atoms with Crippen molar-refractivity contribution < 1.29 is 4.79 Å². The van der Waals surface area contributed by atoms with Gasteiger partial charge in [-0.1, -0.05) is 37.3 Å². The van der Waals surface area contributed by atoms with Crippen molar-refractivity contribution in [2.24, 2.45) is 11.1 Å². The molecule has 0 saturated carbocycles. The summed E-state index contributed by atoms with van der Waals surface area (Å²) in [5.74, 6) is -0.108. The Morgan fingerprint density at radius 1 is 1.35 bits per heavy atom. The van der Waals surface area contributed by atoms with Crippen LogP contribution in [0.5, 0.6) is 0 Å². The van der Waals surface area contributed by atoms with Gasteiger partial charge >= 0.3 is 0 Å². The quantitative estimate of drug-likeness (QED) is 0.777. The van der Waals surface area contributed by atoms with Crippen molar-refractivity contribution in [2.75, 3.05) is 19.6 Å². The average Bonchev–Trinajstić information content (AvgIpc) is 2.46. The van der Waals surface area contributed by atoms with E-state index in [0.717, 1.165) is 31.5 Å². The first-order valence-corrected chi connectivity index (χ1v) is 7.27. The van der Waals surface area contributed by atoms with E-state index in [0.29, 0.717) is 6.54 Å². The molecule has 1 saturated heterocycles. The van der Waals surface area contributed by atoms with Crippen molar-refractivity contribution in [3.63, 3.8) is 0 Å². The SMILES string of the molecule is CC1(CNC(=O)C(C)(N)c2ccccc2)CCNCC1. The van der Waals surface area contributed by atoms with E-state index in [1.54, 1.807) is 6.92 Å². The number of carbonyl (C=O) groups excluding carboxylic acids is 1. The fourth-order valence-electron chi connectivity index (χ4n) is 2.60. The lowest BCUT2D eigenvalue weighted by Crippen LogP contribution is -2.52. The highest BCUT2D eigenvalue weighted by Gasteiger charge is 2.33. The molecule has 0 radical (unpaired) electrons. The number of nitrogens with two attached hydrogens (primary N) is 1. The summed E-state index contributed by atoms with van der Waals surface area (Å²) in [6.07, 6.45) is 2.17. The number of rotatable bonds is 4. The third-order valence-electron chi connectivity index (χ3n) is 4.33. The summed E-state index contributed by atoms with van der Waals surface area (Å²) < 4.78 is 0. The van der Waals surface area contributed by atoms with E-state index in [-0.39, 0.29) is 11.3 Å². The Bertz CT molecular complexity index is 450. The zero-order valence-electron chi connectivity index (χ0n) is 12.4. The summed E-state index contributed by atoms with van der Waals surface area (Å²) in [6, 6.07) is 9.52. The van der Waals surface area contributed by atoms with Crippen LogP contribution < -0.4 is 16.4 Å². The van der Waals surface area contributed by atoms with Gasteiger partial charge in [-0.2, -0.15) is 0 Å². The minimum absolute atomic E-state index is 0.108. The highest BCUT2D eigenvalue weighted by atomic mass is 16.2. The fraction of sp³-hybridized carbons (Fsp3) is 0.562. The van der Waals surface area contributed by atoms with Gasteiger partial charge in [0.1, 0.15) is 5.54 Å². The number of amides is 1. The van der Waals surface area contributed by atoms with Crippen molar-refractivity contribution in [3.8, 4) is 0 Å². The standard InChI is InChI=1S/C16H25N3O/c1-15(8-10-18-11-9-15)12-19-14(20)16(2,17)13-6-4-3-5-7-13/h3-7,18H,8-12,17H2,1-2H3,(H,19,20). The molecule has 4 heteroatoms. The summed E-state index contributed by atoms with van der Waals surface area (Å²) in [4.78, 5) is 12.4. The molecule has 1 amide bonds. The Balaban J connectivity index is 1.97. The third kappa shape index (κ3) is 3.38. The Kier molecular flexibility index (Phi) is 4.45. The second kappa shape index (κ2) is 5.94. The number of nitrogens with one attached hydrogen (secondary N) is 2. The molecule has 20 heavy (non-hydrogen) atoms. The number of carbonyl (C=O) groups is 1. The molecule has 0 aliphatic carbocycles. The van der Waals surface area contributed by atoms with Crippen LogP contribution in [0.2, 0.25) is 0 Å². The van der Waals surface area contributed by atoms with E-state index in [1.807, 2.05) is 30.3 Å². The van der Waals surface area contributed by atoms with Crippen molar-refractivity contribution in [1.82, 2.24) is 10.6 Å². The average molecular weight is 275 g/mol. The Hall–Kier alpha value is -1.39. The normalized spacial score (nSPS) is 20.9. The first kappa shape index (κ1) is 15.0. The fourth-order valence-corrected chi connectivity index (χ4v) is 2.60. The van der Waals surface area contributed by atoms with E-state index in [4.69, 9.17) is 5.73 Å². The molecule has 4 N–H and O–H groups in total. The first-order chi connectivity index (χ1) is 9.44. The van der Waals surface area contributed by atoms with Crippen LogP contribution in [0, 0.1) is 5.41 Å². The van der Waals surface area contributed by atoms with Crippen LogP contribution in [-0.2, 0) is 10.3 Å².